The highest BCUT2D eigenvalue weighted by Crippen LogP contribution is 2.21. The zero-order valence-corrected chi connectivity index (χ0v) is 10.2. The first-order chi connectivity index (χ1) is 6.36. The minimum absolute atomic E-state index is 0.144. The molecule has 2 heteroatoms. The van der Waals surface area contributed by atoms with Gasteiger partial charge in [0, 0.05) is 11.6 Å². The number of allylic oxidation sites excluding steroid dienone is 1. The molecule has 0 rings (SSSR count). The van der Waals surface area contributed by atoms with Gasteiger partial charge in [0.15, 0.2) is 0 Å². The van der Waals surface area contributed by atoms with Crippen molar-refractivity contribution in [3.63, 3.8) is 0 Å². The van der Waals surface area contributed by atoms with E-state index in [1.165, 1.54) is 0 Å². The van der Waals surface area contributed by atoms with Crippen LogP contribution in [0.25, 0.3) is 0 Å². The summed E-state index contributed by atoms with van der Waals surface area (Å²) in [5, 5.41) is 9.26. The summed E-state index contributed by atoms with van der Waals surface area (Å²) in [6.45, 7) is 12.5. The van der Waals surface area contributed by atoms with Crippen LogP contribution >= 0.6 is 0 Å². The van der Waals surface area contributed by atoms with Crippen molar-refractivity contribution in [2.45, 2.75) is 45.7 Å². The summed E-state index contributed by atoms with van der Waals surface area (Å²) in [5.41, 5.74) is -0.144. The van der Waals surface area contributed by atoms with Crippen LogP contribution in [0.1, 0.15) is 34.1 Å². The minimum atomic E-state index is -0.144. The second kappa shape index (κ2) is 5.52. The Balaban J connectivity index is 4.36. The van der Waals surface area contributed by atoms with Gasteiger partial charge >= 0.3 is 0 Å². The SMILES string of the molecule is C=CCC(C)C(C)N(C)C(C)(C)CO. The fourth-order valence-electron chi connectivity index (χ4n) is 1.50. The Hall–Kier alpha value is -0.340. The molecule has 0 aliphatic rings. The summed E-state index contributed by atoms with van der Waals surface area (Å²) in [7, 11) is 2.07. The van der Waals surface area contributed by atoms with E-state index in [1.807, 2.05) is 6.08 Å². The van der Waals surface area contributed by atoms with Gasteiger partial charge in [-0.25, -0.2) is 0 Å². The van der Waals surface area contributed by atoms with E-state index in [0.29, 0.717) is 12.0 Å². The highest BCUT2D eigenvalue weighted by molar-refractivity contribution is 4.86. The van der Waals surface area contributed by atoms with Crippen LogP contribution in [0.3, 0.4) is 0 Å². The lowest BCUT2D eigenvalue weighted by molar-refractivity contribution is 0.0332. The van der Waals surface area contributed by atoms with Crippen LogP contribution in [0, 0.1) is 5.92 Å². The van der Waals surface area contributed by atoms with Gasteiger partial charge in [-0.15, -0.1) is 6.58 Å². The normalized spacial score (nSPS) is 16.8. The maximum Gasteiger partial charge on any atom is 0.0610 e. The maximum atomic E-state index is 9.26. The number of aliphatic hydroxyl groups is 1. The van der Waals surface area contributed by atoms with Crippen molar-refractivity contribution in [3.8, 4) is 0 Å². The van der Waals surface area contributed by atoms with E-state index < -0.39 is 0 Å². The second-order valence-electron chi connectivity index (χ2n) is 4.82. The van der Waals surface area contributed by atoms with E-state index in [0.717, 1.165) is 6.42 Å². The van der Waals surface area contributed by atoms with Crippen molar-refractivity contribution in [2.24, 2.45) is 5.92 Å². The average Bonchev–Trinajstić information content (AvgIpc) is 2.15. The van der Waals surface area contributed by atoms with E-state index >= 15 is 0 Å². The Bertz CT molecular complexity index is 177. The number of rotatable bonds is 6. The van der Waals surface area contributed by atoms with Gasteiger partial charge in [0.25, 0.3) is 0 Å². The molecule has 2 atom stereocenters. The first kappa shape index (κ1) is 13.7. The molecule has 84 valence electrons. The van der Waals surface area contributed by atoms with E-state index in [1.54, 1.807) is 0 Å². The zero-order valence-electron chi connectivity index (χ0n) is 10.2. The van der Waals surface area contributed by atoms with E-state index in [-0.39, 0.29) is 12.1 Å². The average molecular weight is 199 g/mol. The first-order valence-electron chi connectivity index (χ1n) is 5.31. The fraction of sp³-hybridized carbons (Fsp3) is 0.833. The van der Waals surface area contributed by atoms with E-state index in [9.17, 15) is 5.11 Å². The molecule has 0 bridgehead atoms. The quantitative estimate of drug-likeness (QED) is 0.663. The number of aliphatic hydroxyl groups excluding tert-OH is 1. The second-order valence-corrected chi connectivity index (χ2v) is 4.82. The Kier molecular flexibility index (Phi) is 5.38. The molecule has 0 radical (unpaired) electrons. The number of nitrogens with zero attached hydrogens (tertiary/aromatic N) is 1. The third-order valence-electron chi connectivity index (χ3n) is 3.31. The number of hydrogen-bond acceptors (Lipinski definition) is 2. The van der Waals surface area contributed by atoms with Gasteiger partial charge in [-0.3, -0.25) is 4.90 Å². The molecule has 0 aliphatic heterocycles. The van der Waals surface area contributed by atoms with Crippen LogP contribution in [0.4, 0.5) is 0 Å². The Labute approximate surface area is 88.6 Å². The topological polar surface area (TPSA) is 23.5 Å². The summed E-state index contributed by atoms with van der Waals surface area (Å²) in [6, 6.07) is 0.454. The van der Waals surface area contributed by atoms with Gasteiger partial charge in [0.05, 0.1) is 6.61 Å². The molecule has 0 aliphatic carbocycles. The van der Waals surface area contributed by atoms with Crippen molar-refractivity contribution in [1.82, 2.24) is 4.90 Å². The molecule has 0 saturated heterocycles. The van der Waals surface area contributed by atoms with Gasteiger partial charge in [-0.05, 0) is 40.2 Å². The van der Waals surface area contributed by atoms with Gasteiger partial charge in [-0.1, -0.05) is 13.0 Å². The standard InChI is InChI=1S/C12H25NO/c1-7-8-10(2)11(3)13(6)12(4,5)9-14/h7,10-11,14H,1,8-9H2,2-6H3. The number of likely N-dealkylation sites (N-methyl/N-ethyl adjacent to an activating group) is 1. The van der Waals surface area contributed by atoms with Gasteiger partial charge in [0.1, 0.15) is 0 Å². The van der Waals surface area contributed by atoms with Crippen LogP contribution in [0.5, 0.6) is 0 Å². The molecule has 0 amide bonds. The lowest BCUT2D eigenvalue weighted by Gasteiger charge is -2.40. The van der Waals surface area contributed by atoms with Crippen LogP contribution in [0.15, 0.2) is 12.7 Å². The summed E-state index contributed by atoms with van der Waals surface area (Å²) in [6.07, 6.45) is 2.98. The molecule has 0 spiro atoms. The summed E-state index contributed by atoms with van der Waals surface area (Å²) in [4.78, 5) is 2.24. The molecule has 14 heavy (non-hydrogen) atoms. The smallest absolute Gasteiger partial charge is 0.0610 e. The minimum Gasteiger partial charge on any atom is -0.394 e. The van der Waals surface area contributed by atoms with Gasteiger partial charge in [0.2, 0.25) is 0 Å². The van der Waals surface area contributed by atoms with Crippen molar-refractivity contribution < 1.29 is 5.11 Å². The van der Waals surface area contributed by atoms with Gasteiger partial charge < -0.3 is 5.11 Å². The lowest BCUT2D eigenvalue weighted by Crippen LogP contribution is -2.50. The highest BCUT2D eigenvalue weighted by Gasteiger charge is 2.28. The van der Waals surface area contributed by atoms with Crippen LogP contribution in [0.2, 0.25) is 0 Å². The Morgan fingerprint density at radius 2 is 1.93 bits per heavy atom. The molecule has 0 fully saturated rings. The summed E-state index contributed by atoms with van der Waals surface area (Å²) < 4.78 is 0. The highest BCUT2D eigenvalue weighted by atomic mass is 16.3. The molecule has 0 aromatic carbocycles. The predicted octanol–water partition coefficient (Wildman–Crippen LogP) is 2.29. The van der Waals surface area contributed by atoms with Crippen molar-refractivity contribution >= 4 is 0 Å². The van der Waals surface area contributed by atoms with Gasteiger partial charge in [-0.2, -0.15) is 0 Å². The van der Waals surface area contributed by atoms with Crippen LogP contribution < -0.4 is 0 Å². The molecule has 0 saturated carbocycles. The molecular formula is C12H25NO. The van der Waals surface area contributed by atoms with E-state index in [4.69, 9.17) is 0 Å². The molecule has 0 heterocycles. The van der Waals surface area contributed by atoms with Crippen LogP contribution in [-0.2, 0) is 0 Å². The fourth-order valence-corrected chi connectivity index (χ4v) is 1.50. The van der Waals surface area contributed by atoms with Crippen molar-refractivity contribution in [3.05, 3.63) is 12.7 Å². The Morgan fingerprint density at radius 1 is 1.43 bits per heavy atom. The largest absolute Gasteiger partial charge is 0.394 e. The zero-order chi connectivity index (χ0) is 11.4. The van der Waals surface area contributed by atoms with Crippen molar-refractivity contribution in [2.75, 3.05) is 13.7 Å². The molecule has 0 aromatic heterocycles. The molecule has 2 nitrogen and oxygen atoms in total. The summed E-state index contributed by atoms with van der Waals surface area (Å²) >= 11 is 0. The predicted molar refractivity (Wildman–Crippen MR) is 62.4 cm³/mol. The maximum absolute atomic E-state index is 9.26. The summed E-state index contributed by atoms with van der Waals surface area (Å²) in [5.74, 6) is 0.573. The van der Waals surface area contributed by atoms with Crippen molar-refractivity contribution in [1.29, 1.82) is 0 Å². The third kappa shape index (κ3) is 3.43. The third-order valence-corrected chi connectivity index (χ3v) is 3.31. The molecule has 2 unspecified atom stereocenters. The first-order valence-corrected chi connectivity index (χ1v) is 5.31. The Morgan fingerprint density at radius 3 is 2.29 bits per heavy atom. The molecule has 0 aromatic rings. The monoisotopic (exact) mass is 199 g/mol. The van der Waals surface area contributed by atoms with E-state index in [2.05, 4.69) is 46.2 Å². The van der Waals surface area contributed by atoms with Crippen LogP contribution in [-0.4, -0.2) is 35.2 Å². The molecular weight excluding hydrogens is 174 g/mol. The molecule has 1 N–H and O–H groups in total. The number of hydrogen-bond donors (Lipinski definition) is 1. The lowest BCUT2D eigenvalue weighted by atomic mass is 9.94.